The van der Waals surface area contributed by atoms with Gasteiger partial charge in [-0.05, 0) is 42.0 Å². The molecule has 1 aromatic carbocycles. The van der Waals surface area contributed by atoms with Crippen LogP contribution in [0.4, 0.5) is 0 Å². The topological polar surface area (TPSA) is 26.0 Å². The van der Waals surface area contributed by atoms with E-state index in [0.717, 1.165) is 10.9 Å². The zero-order valence-electron chi connectivity index (χ0n) is 8.89. The first-order chi connectivity index (χ1) is 6.37. The third-order valence-electron chi connectivity index (χ3n) is 3.48. The van der Waals surface area contributed by atoms with Gasteiger partial charge in [0, 0.05) is 10.0 Å². The molecule has 2 heteroatoms. The summed E-state index contributed by atoms with van der Waals surface area (Å²) in [5.74, 6) is 0. The van der Waals surface area contributed by atoms with Crippen LogP contribution in [0.25, 0.3) is 0 Å². The van der Waals surface area contributed by atoms with Crippen molar-refractivity contribution >= 4 is 15.9 Å². The third kappa shape index (κ3) is 1.32. The van der Waals surface area contributed by atoms with Crippen LogP contribution in [0.3, 0.4) is 0 Å². The molecule has 2 N–H and O–H groups in total. The molecular weight excluding hydrogens is 238 g/mol. The molecule has 1 aliphatic carbocycles. The van der Waals surface area contributed by atoms with Crippen molar-refractivity contribution in [3.8, 4) is 0 Å². The lowest BCUT2D eigenvalue weighted by molar-refractivity contribution is 0.508. The van der Waals surface area contributed by atoms with E-state index in [9.17, 15) is 0 Å². The van der Waals surface area contributed by atoms with Gasteiger partial charge >= 0.3 is 0 Å². The van der Waals surface area contributed by atoms with Gasteiger partial charge in [0.2, 0.25) is 0 Å². The first-order valence-electron chi connectivity index (χ1n) is 4.92. The van der Waals surface area contributed by atoms with E-state index >= 15 is 0 Å². The van der Waals surface area contributed by atoms with Crippen LogP contribution in [0, 0.1) is 12.3 Å². The maximum Gasteiger partial charge on any atom is 0.0471 e. The SMILES string of the molecule is Cc1ccc(Br)cc1C1(N)CC1(C)C. The summed E-state index contributed by atoms with van der Waals surface area (Å²) in [7, 11) is 0. The van der Waals surface area contributed by atoms with Crippen molar-refractivity contribution in [1.29, 1.82) is 0 Å². The van der Waals surface area contributed by atoms with E-state index in [-0.39, 0.29) is 11.0 Å². The molecule has 0 radical (unpaired) electrons. The quantitative estimate of drug-likeness (QED) is 0.817. The van der Waals surface area contributed by atoms with E-state index in [1.807, 2.05) is 0 Å². The van der Waals surface area contributed by atoms with Crippen molar-refractivity contribution in [3.05, 3.63) is 33.8 Å². The van der Waals surface area contributed by atoms with E-state index in [2.05, 4.69) is 54.9 Å². The Morgan fingerprint density at radius 2 is 1.93 bits per heavy atom. The standard InChI is InChI=1S/C12H16BrN/c1-8-4-5-9(13)6-10(8)12(14)7-11(12,2)3/h4-6H,7,14H2,1-3H3. The Bertz CT molecular complexity index is 384. The van der Waals surface area contributed by atoms with Gasteiger partial charge in [0.1, 0.15) is 0 Å². The minimum Gasteiger partial charge on any atom is -0.321 e. The minimum absolute atomic E-state index is 0.110. The smallest absolute Gasteiger partial charge is 0.0471 e. The Hall–Kier alpha value is -0.340. The highest BCUT2D eigenvalue weighted by Crippen LogP contribution is 2.61. The molecule has 1 fully saturated rings. The first-order valence-corrected chi connectivity index (χ1v) is 5.72. The molecule has 0 saturated heterocycles. The number of halogens is 1. The summed E-state index contributed by atoms with van der Waals surface area (Å²) < 4.78 is 1.12. The normalized spacial score (nSPS) is 28.9. The molecule has 1 aromatic rings. The number of hydrogen-bond donors (Lipinski definition) is 1. The van der Waals surface area contributed by atoms with Gasteiger partial charge in [0.05, 0.1) is 0 Å². The van der Waals surface area contributed by atoms with Gasteiger partial charge in [-0.15, -0.1) is 0 Å². The van der Waals surface area contributed by atoms with Crippen LogP contribution >= 0.6 is 15.9 Å². The van der Waals surface area contributed by atoms with Crippen molar-refractivity contribution in [3.63, 3.8) is 0 Å². The molecule has 1 aliphatic rings. The summed E-state index contributed by atoms with van der Waals surface area (Å²) in [6, 6.07) is 6.35. The molecule has 1 atom stereocenters. The number of hydrogen-bond acceptors (Lipinski definition) is 1. The molecule has 0 amide bonds. The van der Waals surface area contributed by atoms with Crippen molar-refractivity contribution in [1.82, 2.24) is 0 Å². The van der Waals surface area contributed by atoms with E-state index in [0.29, 0.717) is 0 Å². The number of nitrogens with two attached hydrogens (primary N) is 1. The highest BCUT2D eigenvalue weighted by Gasteiger charge is 2.59. The van der Waals surface area contributed by atoms with Gasteiger partial charge in [0.15, 0.2) is 0 Å². The van der Waals surface area contributed by atoms with Crippen LogP contribution in [-0.2, 0) is 5.54 Å². The zero-order valence-corrected chi connectivity index (χ0v) is 10.5. The van der Waals surface area contributed by atoms with Crippen LogP contribution in [-0.4, -0.2) is 0 Å². The van der Waals surface area contributed by atoms with Crippen molar-refractivity contribution in [2.24, 2.45) is 11.1 Å². The van der Waals surface area contributed by atoms with Gasteiger partial charge in [0.25, 0.3) is 0 Å². The van der Waals surface area contributed by atoms with Gasteiger partial charge in [-0.3, -0.25) is 0 Å². The Morgan fingerprint density at radius 1 is 1.36 bits per heavy atom. The maximum atomic E-state index is 6.39. The molecule has 0 aliphatic heterocycles. The molecule has 0 heterocycles. The van der Waals surface area contributed by atoms with Crippen molar-refractivity contribution in [2.75, 3.05) is 0 Å². The van der Waals surface area contributed by atoms with Crippen LogP contribution in [0.2, 0.25) is 0 Å². The molecule has 1 nitrogen and oxygen atoms in total. The van der Waals surface area contributed by atoms with E-state index in [1.54, 1.807) is 0 Å². The monoisotopic (exact) mass is 253 g/mol. The Morgan fingerprint density at radius 3 is 2.43 bits per heavy atom. The summed E-state index contributed by atoms with van der Waals surface area (Å²) in [6.07, 6.45) is 1.08. The van der Waals surface area contributed by atoms with Gasteiger partial charge in [-0.1, -0.05) is 35.8 Å². The summed E-state index contributed by atoms with van der Waals surface area (Å²) in [4.78, 5) is 0. The Balaban J connectivity index is 2.48. The van der Waals surface area contributed by atoms with Crippen molar-refractivity contribution in [2.45, 2.75) is 32.7 Å². The fraction of sp³-hybridized carbons (Fsp3) is 0.500. The van der Waals surface area contributed by atoms with Crippen LogP contribution in [0.15, 0.2) is 22.7 Å². The predicted octanol–water partition coefficient (Wildman–Crippen LogP) is 3.34. The Kier molecular flexibility index (Phi) is 2.06. The van der Waals surface area contributed by atoms with E-state index in [4.69, 9.17) is 5.73 Å². The summed E-state index contributed by atoms with van der Waals surface area (Å²) in [5.41, 5.74) is 9.11. The zero-order chi connectivity index (χ0) is 10.6. The fourth-order valence-electron chi connectivity index (χ4n) is 2.19. The summed E-state index contributed by atoms with van der Waals surface area (Å²) in [6.45, 7) is 6.59. The van der Waals surface area contributed by atoms with Crippen molar-refractivity contribution < 1.29 is 0 Å². The number of benzene rings is 1. The molecule has 0 bridgehead atoms. The van der Waals surface area contributed by atoms with Gasteiger partial charge in [-0.2, -0.15) is 0 Å². The lowest BCUT2D eigenvalue weighted by Gasteiger charge is -2.18. The molecule has 0 aromatic heterocycles. The molecule has 1 unspecified atom stereocenters. The fourth-order valence-corrected chi connectivity index (χ4v) is 2.55. The highest BCUT2D eigenvalue weighted by molar-refractivity contribution is 9.10. The lowest BCUT2D eigenvalue weighted by atomic mass is 9.93. The van der Waals surface area contributed by atoms with E-state index < -0.39 is 0 Å². The van der Waals surface area contributed by atoms with Gasteiger partial charge in [-0.25, -0.2) is 0 Å². The second-order valence-corrected chi connectivity index (χ2v) is 5.91. The van der Waals surface area contributed by atoms with Gasteiger partial charge < -0.3 is 5.73 Å². The maximum absolute atomic E-state index is 6.39. The number of aryl methyl sites for hydroxylation is 1. The molecule has 2 rings (SSSR count). The molecule has 76 valence electrons. The minimum atomic E-state index is -0.110. The third-order valence-corrected chi connectivity index (χ3v) is 3.98. The predicted molar refractivity (Wildman–Crippen MR) is 63.1 cm³/mol. The number of rotatable bonds is 1. The first kappa shape index (κ1) is 10.2. The largest absolute Gasteiger partial charge is 0.321 e. The molecule has 0 spiro atoms. The Labute approximate surface area is 93.8 Å². The van der Waals surface area contributed by atoms with Crippen LogP contribution in [0.5, 0.6) is 0 Å². The molecule has 14 heavy (non-hydrogen) atoms. The van der Waals surface area contributed by atoms with Crippen LogP contribution in [0.1, 0.15) is 31.4 Å². The molecule has 1 saturated carbocycles. The highest BCUT2D eigenvalue weighted by atomic mass is 79.9. The average Bonchev–Trinajstić information content (AvgIpc) is 2.58. The van der Waals surface area contributed by atoms with Crippen LogP contribution < -0.4 is 5.73 Å². The second-order valence-electron chi connectivity index (χ2n) is 4.99. The lowest BCUT2D eigenvalue weighted by Crippen LogP contribution is -2.26. The summed E-state index contributed by atoms with van der Waals surface area (Å²) >= 11 is 3.50. The second kappa shape index (κ2) is 2.83. The van der Waals surface area contributed by atoms with E-state index in [1.165, 1.54) is 11.1 Å². The summed E-state index contributed by atoms with van der Waals surface area (Å²) in [5, 5.41) is 0. The average molecular weight is 254 g/mol. The molecular formula is C12H16BrN.